The summed E-state index contributed by atoms with van der Waals surface area (Å²) in [5.74, 6) is 0.721. The standard InChI is InChI=1S/C23H23ClN2O6S/c1-32-17-4-2-15(3-5-17)14-26-9-6-16-12-21(20(24)13-19(16)22(26)27)33(30,31)18-7-10-25(11-8-18)23(28)29/h2-6,9,12-13,18H,7-8,10-11,14H2,1H3,(H,28,29). The maximum atomic E-state index is 13.2. The number of sulfone groups is 1. The van der Waals surface area contributed by atoms with Gasteiger partial charge in [-0.05, 0) is 54.1 Å². The number of rotatable bonds is 5. The quantitative estimate of drug-likeness (QED) is 0.585. The Labute approximate surface area is 195 Å². The SMILES string of the molecule is COc1ccc(Cn2ccc3cc(S(=O)(=O)C4CCN(C(=O)O)CC4)c(Cl)cc3c2=O)cc1. The molecule has 2 heterocycles. The van der Waals surface area contributed by atoms with Gasteiger partial charge in [-0.15, -0.1) is 0 Å². The highest BCUT2D eigenvalue weighted by molar-refractivity contribution is 7.92. The first-order valence-corrected chi connectivity index (χ1v) is 12.3. The first-order chi connectivity index (χ1) is 15.7. The van der Waals surface area contributed by atoms with E-state index in [9.17, 15) is 18.0 Å². The van der Waals surface area contributed by atoms with E-state index in [0.717, 1.165) is 11.3 Å². The molecule has 10 heteroatoms. The summed E-state index contributed by atoms with van der Waals surface area (Å²) in [5.41, 5.74) is 0.638. The molecule has 0 aliphatic carbocycles. The van der Waals surface area contributed by atoms with Gasteiger partial charge >= 0.3 is 6.09 Å². The molecule has 0 radical (unpaired) electrons. The molecule has 0 bridgehead atoms. The summed E-state index contributed by atoms with van der Waals surface area (Å²) in [4.78, 5) is 25.3. The number of fused-ring (bicyclic) bond motifs is 1. The lowest BCUT2D eigenvalue weighted by molar-refractivity contribution is 0.136. The second-order valence-electron chi connectivity index (χ2n) is 7.98. The molecule has 0 unspecified atom stereocenters. The van der Waals surface area contributed by atoms with Gasteiger partial charge < -0.3 is 19.3 Å². The number of carboxylic acid groups (broad SMARTS) is 1. The van der Waals surface area contributed by atoms with Crippen molar-refractivity contribution in [3.8, 4) is 5.75 Å². The highest BCUT2D eigenvalue weighted by Gasteiger charge is 2.34. The van der Waals surface area contributed by atoms with E-state index in [1.807, 2.05) is 24.3 Å². The molecule has 1 saturated heterocycles. The third-order valence-corrected chi connectivity index (χ3v) is 8.72. The van der Waals surface area contributed by atoms with Crippen molar-refractivity contribution in [1.29, 1.82) is 0 Å². The molecule has 0 atom stereocenters. The maximum Gasteiger partial charge on any atom is 0.407 e. The molecule has 1 aromatic heterocycles. The summed E-state index contributed by atoms with van der Waals surface area (Å²) < 4.78 is 33.1. The second-order valence-corrected chi connectivity index (χ2v) is 10.6. The molecule has 1 aliphatic rings. The van der Waals surface area contributed by atoms with Crippen molar-refractivity contribution in [2.75, 3.05) is 20.2 Å². The fraction of sp³-hybridized carbons (Fsp3) is 0.304. The van der Waals surface area contributed by atoms with Crippen molar-refractivity contribution in [1.82, 2.24) is 9.47 Å². The van der Waals surface area contributed by atoms with Crippen LogP contribution in [0.1, 0.15) is 18.4 Å². The number of amides is 1. The summed E-state index contributed by atoms with van der Waals surface area (Å²) in [6, 6.07) is 11.9. The average Bonchev–Trinajstić information content (AvgIpc) is 2.81. The number of halogens is 1. The van der Waals surface area contributed by atoms with E-state index in [1.165, 1.54) is 21.6 Å². The monoisotopic (exact) mass is 490 g/mol. The predicted molar refractivity (Wildman–Crippen MR) is 125 cm³/mol. The van der Waals surface area contributed by atoms with Gasteiger partial charge in [0.15, 0.2) is 9.84 Å². The largest absolute Gasteiger partial charge is 0.497 e. The Balaban J connectivity index is 1.64. The highest BCUT2D eigenvalue weighted by Crippen LogP contribution is 2.32. The van der Waals surface area contributed by atoms with Crippen molar-refractivity contribution in [3.63, 3.8) is 0 Å². The third-order valence-electron chi connectivity index (χ3n) is 6.00. The molecule has 1 aliphatic heterocycles. The van der Waals surface area contributed by atoms with E-state index in [-0.39, 0.29) is 41.4 Å². The minimum atomic E-state index is -3.78. The minimum Gasteiger partial charge on any atom is -0.497 e. The molecule has 1 amide bonds. The summed E-state index contributed by atoms with van der Waals surface area (Å²) >= 11 is 6.36. The number of pyridine rings is 1. The minimum absolute atomic E-state index is 0.0116. The Morgan fingerprint density at radius 3 is 2.42 bits per heavy atom. The number of ether oxygens (including phenoxy) is 1. The van der Waals surface area contributed by atoms with E-state index >= 15 is 0 Å². The van der Waals surface area contributed by atoms with Crippen LogP contribution < -0.4 is 10.3 Å². The smallest absolute Gasteiger partial charge is 0.407 e. The van der Waals surface area contributed by atoms with E-state index in [1.54, 1.807) is 19.4 Å². The predicted octanol–water partition coefficient (Wildman–Crippen LogP) is 3.63. The van der Waals surface area contributed by atoms with Crippen molar-refractivity contribution in [2.24, 2.45) is 0 Å². The lowest BCUT2D eigenvalue weighted by atomic mass is 10.1. The Hall–Kier alpha value is -3.04. The van der Waals surface area contributed by atoms with Crippen molar-refractivity contribution < 1.29 is 23.1 Å². The first kappa shape index (κ1) is 23.1. The van der Waals surface area contributed by atoms with Crippen LogP contribution in [0.5, 0.6) is 5.75 Å². The molecule has 3 aromatic rings. The molecular formula is C23H23ClN2O6S. The highest BCUT2D eigenvalue weighted by atomic mass is 35.5. The normalized spacial score (nSPS) is 15.0. The molecule has 174 valence electrons. The van der Waals surface area contributed by atoms with Gasteiger partial charge in [0.2, 0.25) is 0 Å². The van der Waals surface area contributed by atoms with Gasteiger partial charge in [-0.3, -0.25) is 4.79 Å². The van der Waals surface area contributed by atoms with E-state index in [0.29, 0.717) is 17.3 Å². The van der Waals surface area contributed by atoms with Crippen LogP contribution in [0.15, 0.2) is 58.4 Å². The molecule has 0 spiro atoms. The average molecular weight is 491 g/mol. The van der Waals surface area contributed by atoms with Gasteiger partial charge in [0.1, 0.15) is 5.75 Å². The Morgan fingerprint density at radius 1 is 1.15 bits per heavy atom. The molecule has 2 aromatic carbocycles. The fourth-order valence-electron chi connectivity index (χ4n) is 4.09. The van der Waals surface area contributed by atoms with Gasteiger partial charge in [0.25, 0.3) is 5.56 Å². The number of hydrogen-bond donors (Lipinski definition) is 1. The fourth-order valence-corrected chi connectivity index (χ4v) is 6.39. The van der Waals surface area contributed by atoms with Crippen molar-refractivity contribution >= 4 is 38.3 Å². The number of methoxy groups -OCH3 is 1. The number of likely N-dealkylation sites (tertiary alicyclic amines) is 1. The molecule has 0 saturated carbocycles. The molecule has 4 rings (SSSR count). The van der Waals surface area contributed by atoms with Crippen LogP contribution in [0.25, 0.3) is 10.8 Å². The summed E-state index contributed by atoms with van der Waals surface area (Å²) in [6.07, 6.45) is 0.976. The Morgan fingerprint density at radius 2 is 1.82 bits per heavy atom. The number of benzene rings is 2. The van der Waals surface area contributed by atoms with E-state index < -0.39 is 21.2 Å². The van der Waals surface area contributed by atoms with Gasteiger partial charge in [-0.2, -0.15) is 0 Å². The number of carbonyl (C=O) groups is 1. The summed E-state index contributed by atoms with van der Waals surface area (Å²) in [5, 5.41) is 9.17. The Bertz CT molecular complexity index is 1360. The molecule has 1 N–H and O–H groups in total. The summed E-state index contributed by atoms with van der Waals surface area (Å²) in [6.45, 7) is 0.652. The zero-order valence-corrected chi connectivity index (χ0v) is 19.5. The molecule has 8 nitrogen and oxygen atoms in total. The molecular weight excluding hydrogens is 468 g/mol. The first-order valence-electron chi connectivity index (χ1n) is 10.4. The summed E-state index contributed by atoms with van der Waals surface area (Å²) in [7, 11) is -2.20. The molecule has 33 heavy (non-hydrogen) atoms. The van der Waals surface area contributed by atoms with Crippen LogP contribution in [0.2, 0.25) is 5.02 Å². The van der Waals surface area contributed by atoms with E-state index in [2.05, 4.69) is 0 Å². The van der Waals surface area contributed by atoms with Crippen LogP contribution in [-0.4, -0.2) is 54.5 Å². The number of nitrogens with zero attached hydrogens (tertiary/aromatic N) is 2. The van der Waals surface area contributed by atoms with Crippen LogP contribution in [0.4, 0.5) is 4.79 Å². The maximum absolute atomic E-state index is 13.2. The second kappa shape index (κ2) is 9.07. The van der Waals surface area contributed by atoms with E-state index in [4.69, 9.17) is 21.4 Å². The van der Waals surface area contributed by atoms with Crippen LogP contribution in [-0.2, 0) is 16.4 Å². The van der Waals surface area contributed by atoms with Crippen molar-refractivity contribution in [2.45, 2.75) is 29.5 Å². The molecule has 1 fully saturated rings. The number of aromatic nitrogens is 1. The number of hydrogen-bond acceptors (Lipinski definition) is 5. The lowest BCUT2D eigenvalue weighted by Crippen LogP contribution is -2.41. The number of piperidine rings is 1. The zero-order valence-electron chi connectivity index (χ0n) is 17.9. The van der Waals surface area contributed by atoms with Crippen LogP contribution in [0, 0.1) is 0 Å². The van der Waals surface area contributed by atoms with Crippen molar-refractivity contribution in [3.05, 3.63) is 69.6 Å². The lowest BCUT2D eigenvalue weighted by Gasteiger charge is -2.29. The topological polar surface area (TPSA) is 106 Å². The van der Waals surface area contributed by atoms with Gasteiger partial charge in [-0.1, -0.05) is 23.7 Å². The van der Waals surface area contributed by atoms with Gasteiger partial charge in [0.05, 0.1) is 28.8 Å². The zero-order chi connectivity index (χ0) is 23.8. The van der Waals surface area contributed by atoms with Crippen LogP contribution >= 0.6 is 11.6 Å². The van der Waals surface area contributed by atoms with Gasteiger partial charge in [0, 0.05) is 24.7 Å². The van der Waals surface area contributed by atoms with Crippen LogP contribution in [0.3, 0.4) is 0 Å². The van der Waals surface area contributed by atoms with Gasteiger partial charge in [-0.25, -0.2) is 13.2 Å². The third kappa shape index (κ3) is 4.56. The Kier molecular flexibility index (Phi) is 6.36.